The molecule has 0 spiro atoms. The largest absolute Gasteiger partial charge is 1.00 e. The minimum Gasteiger partial charge on any atom is -0.747 e. The molecule has 0 aliphatic carbocycles. The molecule has 0 amide bonds. The van der Waals surface area contributed by atoms with Crippen LogP contribution in [0.1, 0.15) is 111 Å². The van der Waals surface area contributed by atoms with Gasteiger partial charge in [-0.3, -0.25) is 9.59 Å². The third-order valence-corrected chi connectivity index (χ3v) is 8.06. The molecule has 0 heterocycles. The maximum Gasteiger partial charge on any atom is 1.00 e. The second-order valence-electron chi connectivity index (χ2n) is 9.23. The molecular weight excluding hydrogens is 574 g/mol. The van der Waals surface area contributed by atoms with E-state index < -0.39 is 55.6 Å². The fourth-order valence-electron chi connectivity index (χ4n) is 3.36. The molecule has 0 N–H and O–H groups in total. The maximum atomic E-state index is 11.9. The van der Waals surface area contributed by atoms with E-state index >= 15 is 0 Å². The third kappa shape index (κ3) is 23.9. The SMILES string of the molecule is CCCCCCCCCCCCCCCCOC(COC(=O)C(C)S(=O)(=O)[O-])OC(=O)C(C)S(=O)(=O)[O-].[Na+].[Na+]. The molecule has 0 aliphatic rings. The Morgan fingerprint density at radius 1 is 0.641 bits per heavy atom. The molecule has 220 valence electrons. The van der Waals surface area contributed by atoms with Crippen molar-refractivity contribution >= 4 is 32.2 Å². The molecule has 0 saturated carbocycles. The van der Waals surface area contributed by atoms with Crippen LogP contribution in [-0.2, 0) is 44.0 Å². The van der Waals surface area contributed by atoms with E-state index in [0.29, 0.717) is 6.42 Å². The predicted molar refractivity (Wildman–Crippen MR) is 135 cm³/mol. The monoisotopic (exact) mass is 618 g/mol. The summed E-state index contributed by atoms with van der Waals surface area (Å²) in [5.74, 6) is -2.78. The van der Waals surface area contributed by atoms with Crippen molar-refractivity contribution in [1.82, 2.24) is 0 Å². The Bertz CT molecular complexity index is 852. The second kappa shape index (κ2) is 25.2. The minimum atomic E-state index is -4.97. The number of hydrogen-bond acceptors (Lipinski definition) is 11. The van der Waals surface area contributed by atoms with Crippen LogP contribution in [0.3, 0.4) is 0 Å². The van der Waals surface area contributed by atoms with Crippen molar-refractivity contribution in [2.24, 2.45) is 0 Å². The summed E-state index contributed by atoms with van der Waals surface area (Å²) in [7, 11) is -9.91. The standard InChI is InChI=1S/C24H46O11S2.2Na/c1-4-5-6-7-8-9-10-11-12-13-14-15-16-17-18-33-22(35-24(26)21(3)37(30,31)32)19-34-23(25)20(2)36(27,28)29;;/h20-22H,4-19H2,1-3H3,(H,27,28,29)(H,30,31,32);;/q;2*+1/p-2. The summed E-state index contributed by atoms with van der Waals surface area (Å²) in [6, 6.07) is 0. The Balaban J connectivity index is -0.00000648. The van der Waals surface area contributed by atoms with E-state index in [1.807, 2.05) is 0 Å². The molecule has 0 aromatic heterocycles. The van der Waals surface area contributed by atoms with Crippen LogP contribution in [-0.4, -0.2) is 67.9 Å². The molecule has 0 radical (unpaired) electrons. The molecule has 0 aromatic carbocycles. The first-order valence-electron chi connectivity index (χ1n) is 13.2. The van der Waals surface area contributed by atoms with Gasteiger partial charge < -0.3 is 23.3 Å². The molecule has 0 aliphatic heterocycles. The number of unbranched alkanes of at least 4 members (excludes halogenated alkanes) is 13. The number of ether oxygens (including phenoxy) is 3. The first-order chi connectivity index (χ1) is 17.3. The van der Waals surface area contributed by atoms with Crippen molar-refractivity contribution in [2.45, 2.75) is 127 Å². The van der Waals surface area contributed by atoms with Crippen LogP contribution < -0.4 is 59.1 Å². The zero-order valence-electron chi connectivity index (χ0n) is 24.4. The zero-order chi connectivity index (χ0) is 28.3. The van der Waals surface area contributed by atoms with Crippen molar-refractivity contribution < 1.29 is 109 Å². The smallest absolute Gasteiger partial charge is 0.747 e. The van der Waals surface area contributed by atoms with Gasteiger partial charge in [0, 0.05) is 0 Å². The van der Waals surface area contributed by atoms with Gasteiger partial charge in [0.2, 0.25) is 6.29 Å². The number of rotatable bonds is 23. The van der Waals surface area contributed by atoms with Gasteiger partial charge in [-0.05, 0) is 20.3 Å². The van der Waals surface area contributed by atoms with Crippen molar-refractivity contribution in [1.29, 1.82) is 0 Å². The average molecular weight is 619 g/mol. The topological polar surface area (TPSA) is 176 Å². The van der Waals surface area contributed by atoms with Crippen molar-refractivity contribution in [3.8, 4) is 0 Å². The van der Waals surface area contributed by atoms with Crippen LogP contribution in [0.15, 0.2) is 0 Å². The van der Waals surface area contributed by atoms with E-state index in [0.717, 1.165) is 39.5 Å². The Labute approximate surface area is 279 Å². The minimum absolute atomic E-state index is 0. The maximum absolute atomic E-state index is 11.9. The Morgan fingerprint density at radius 3 is 1.38 bits per heavy atom. The zero-order valence-corrected chi connectivity index (χ0v) is 30.0. The second-order valence-corrected chi connectivity index (χ2v) is 12.6. The van der Waals surface area contributed by atoms with Gasteiger partial charge >= 0.3 is 71.1 Å². The Morgan fingerprint density at radius 2 is 1.00 bits per heavy atom. The molecule has 15 heteroatoms. The molecule has 0 rings (SSSR count). The van der Waals surface area contributed by atoms with Crippen LogP contribution >= 0.6 is 0 Å². The Hall–Kier alpha value is 0.720. The molecule has 39 heavy (non-hydrogen) atoms. The predicted octanol–water partition coefficient (Wildman–Crippen LogP) is -2.23. The van der Waals surface area contributed by atoms with Crippen LogP contribution in [0.5, 0.6) is 0 Å². The summed E-state index contributed by atoms with van der Waals surface area (Å²) < 4.78 is 80.8. The summed E-state index contributed by atoms with van der Waals surface area (Å²) in [6.07, 6.45) is 14.6. The van der Waals surface area contributed by atoms with Gasteiger partial charge in [0.15, 0.2) is 6.61 Å². The molecule has 11 nitrogen and oxygen atoms in total. The number of carbonyl (C=O) groups is 2. The van der Waals surface area contributed by atoms with Crippen LogP contribution in [0, 0.1) is 0 Å². The fourth-order valence-corrected chi connectivity index (χ4v) is 3.95. The van der Waals surface area contributed by atoms with Crippen LogP contribution in [0.2, 0.25) is 0 Å². The molecule has 0 aromatic rings. The molecule has 3 unspecified atom stereocenters. The van der Waals surface area contributed by atoms with Gasteiger partial charge in [0.05, 0.1) is 6.61 Å². The van der Waals surface area contributed by atoms with E-state index in [2.05, 4.69) is 11.7 Å². The van der Waals surface area contributed by atoms with Crippen molar-refractivity contribution in [2.75, 3.05) is 13.2 Å². The molecule has 3 atom stereocenters. The normalized spacial score (nSPS) is 13.9. The molecular formula is C24H44Na2O11S2. The number of esters is 2. The van der Waals surface area contributed by atoms with Gasteiger partial charge in [-0.15, -0.1) is 0 Å². The van der Waals surface area contributed by atoms with Gasteiger partial charge in [-0.25, -0.2) is 16.8 Å². The van der Waals surface area contributed by atoms with Crippen molar-refractivity contribution in [3.63, 3.8) is 0 Å². The number of carbonyl (C=O) groups excluding carboxylic acids is 2. The average Bonchev–Trinajstić information content (AvgIpc) is 2.82. The quantitative estimate of drug-likeness (QED) is 0.0398. The van der Waals surface area contributed by atoms with E-state index in [4.69, 9.17) is 9.47 Å². The van der Waals surface area contributed by atoms with Crippen LogP contribution in [0.4, 0.5) is 0 Å². The summed E-state index contributed by atoms with van der Waals surface area (Å²) in [4.78, 5) is 23.7. The molecule has 0 saturated heterocycles. The summed E-state index contributed by atoms with van der Waals surface area (Å²) in [5, 5.41) is -4.01. The Kier molecular flexibility index (Phi) is 28.6. The molecule has 0 fully saturated rings. The van der Waals surface area contributed by atoms with Crippen molar-refractivity contribution in [3.05, 3.63) is 0 Å². The number of hydrogen-bond donors (Lipinski definition) is 0. The summed E-state index contributed by atoms with van der Waals surface area (Å²) in [5.41, 5.74) is 0. The summed E-state index contributed by atoms with van der Waals surface area (Å²) in [6.45, 7) is 3.21. The summed E-state index contributed by atoms with van der Waals surface area (Å²) >= 11 is 0. The van der Waals surface area contributed by atoms with E-state index in [9.17, 15) is 35.5 Å². The van der Waals surface area contributed by atoms with Gasteiger partial charge in [-0.1, -0.05) is 90.4 Å². The van der Waals surface area contributed by atoms with Gasteiger partial charge in [-0.2, -0.15) is 0 Å². The van der Waals surface area contributed by atoms with Crippen LogP contribution in [0.25, 0.3) is 0 Å². The van der Waals surface area contributed by atoms with E-state index in [1.165, 1.54) is 57.8 Å². The first-order valence-corrected chi connectivity index (χ1v) is 16.1. The van der Waals surface area contributed by atoms with Gasteiger partial charge in [0.1, 0.15) is 30.7 Å². The molecule has 0 bridgehead atoms. The first kappa shape index (κ1) is 44.2. The van der Waals surface area contributed by atoms with Gasteiger partial charge in [0.25, 0.3) is 0 Å². The fraction of sp³-hybridized carbons (Fsp3) is 0.917. The van der Waals surface area contributed by atoms with E-state index in [-0.39, 0.29) is 65.7 Å². The third-order valence-electron chi connectivity index (χ3n) is 5.94. The van der Waals surface area contributed by atoms with E-state index in [1.54, 1.807) is 0 Å².